The van der Waals surface area contributed by atoms with Crippen molar-refractivity contribution in [2.45, 2.75) is 32.4 Å². The van der Waals surface area contributed by atoms with Gasteiger partial charge in [-0.05, 0) is 43.0 Å². The lowest BCUT2D eigenvalue weighted by molar-refractivity contribution is 0.247. The second-order valence-electron chi connectivity index (χ2n) is 7.64. The van der Waals surface area contributed by atoms with Gasteiger partial charge >= 0.3 is 0 Å². The summed E-state index contributed by atoms with van der Waals surface area (Å²) in [5.41, 5.74) is 7.18. The van der Waals surface area contributed by atoms with Gasteiger partial charge in [0.25, 0.3) is 0 Å². The minimum absolute atomic E-state index is 0.495. The van der Waals surface area contributed by atoms with Crippen molar-refractivity contribution in [3.8, 4) is 11.1 Å². The highest BCUT2D eigenvalue weighted by molar-refractivity contribution is 5.76. The molecule has 0 N–H and O–H groups in total. The Balaban J connectivity index is 1.42. The summed E-state index contributed by atoms with van der Waals surface area (Å²) in [6, 6.07) is 19.6. The first-order valence-electron chi connectivity index (χ1n) is 9.97. The largest absolute Gasteiger partial charge is 0.292 e. The number of aryl methyl sites for hydroxylation is 1. The van der Waals surface area contributed by atoms with E-state index < -0.39 is 0 Å². The Morgan fingerprint density at radius 2 is 1.82 bits per heavy atom. The van der Waals surface area contributed by atoms with Gasteiger partial charge in [-0.15, -0.1) is 0 Å². The van der Waals surface area contributed by atoms with Crippen LogP contribution in [0.1, 0.15) is 35.6 Å². The van der Waals surface area contributed by atoms with E-state index in [0.29, 0.717) is 6.04 Å². The van der Waals surface area contributed by atoms with E-state index in [-0.39, 0.29) is 0 Å². The van der Waals surface area contributed by atoms with E-state index >= 15 is 0 Å². The normalized spacial score (nSPS) is 17.4. The molecule has 1 atom stereocenters. The predicted octanol–water partition coefficient (Wildman–Crippen LogP) is 5.04. The average Bonchev–Trinajstić information content (AvgIpc) is 3.36. The highest BCUT2D eigenvalue weighted by Crippen LogP contribution is 2.34. The van der Waals surface area contributed by atoms with Crippen molar-refractivity contribution >= 4 is 5.65 Å². The van der Waals surface area contributed by atoms with Crippen LogP contribution in [0.3, 0.4) is 0 Å². The molecule has 1 unspecified atom stereocenters. The highest BCUT2D eigenvalue weighted by Gasteiger charge is 2.27. The number of benzene rings is 2. The molecule has 0 saturated carbocycles. The van der Waals surface area contributed by atoms with Gasteiger partial charge in [0.2, 0.25) is 0 Å². The number of hydrogen-bond donors (Lipinski definition) is 0. The number of aromatic nitrogens is 3. The average molecular weight is 368 g/mol. The summed E-state index contributed by atoms with van der Waals surface area (Å²) >= 11 is 0. The zero-order valence-corrected chi connectivity index (χ0v) is 16.1. The maximum atomic E-state index is 4.75. The number of hydrogen-bond acceptors (Lipinski definition) is 3. The number of nitrogens with zero attached hydrogens (tertiary/aromatic N) is 4. The molecule has 4 nitrogen and oxygen atoms in total. The molecule has 4 aromatic rings. The van der Waals surface area contributed by atoms with E-state index in [9.17, 15) is 0 Å². The number of likely N-dealkylation sites (tertiary alicyclic amines) is 1. The van der Waals surface area contributed by atoms with Crippen LogP contribution in [0.25, 0.3) is 16.8 Å². The standard InChI is InChI=1S/C24H24N4/c1-18-8-5-6-11-21(18)23-12-7-13-27(23)16-19-14-25-24-22(15-26-28(24)17-19)20-9-3-2-4-10-20/h2-6,8-11,14-15,17,23H,7,12-13,16H2,1H3. The highest BCUT2D eigenvalue weighted by atomic mass is 15.2. The van der Waals surface area contributed by atoms with E-state index in [1.165, 1.54) is 29.5 Å². The fourth-order valence-electron chi connectivity index (χ4n) is 4.38. The lowest BCUT2D eigenvalue weighted by Crippen LogP contribution is -2.23. The van der Waals surface area contributed by atoms with Crippen LogP contribution in [0.4, 0.5) is 0 Å². The summed E-state index contributed by atoms with van der Waals surface area (Å²) in [6.07, 6.45) is 8.52. The van der Waals surface area contributed by atoms with Crippen molar-refractivity contribution in [2.75, 3.05) is 6.54 Å². The van der Waals surface area contributed by atoms with Crippen LogP contribution in [0.2, 0.25) is 0 Å². The summed E-state index contributed by atoms with van der Waals surface area (Å²) in [5, 5.41) is 4.56. The smallest absolute Gasteiger partial charge is 0.162 e. The van der Waals surface area contributed by atoms with Crippen LogP contribution in [0.15, 0.2) is 73.2 Å². The third-order valence-electron chi connectivity index (χ3n) is 5.79. The van der Waals surface area contributed by atoms with Gasteiger partial charge in [0, 0.05) is 36.1 Å². The van der Waals surface area contributed by atoms with E-state index in [4.69, 9.17) is 4.98 Å². The lowest BCUT2D eigenvalue weighted by atomic mass is 9.99. The Kier molecular flexibility index (Phi) is 4.41. The lowest BCUT2D eigenvalue weighted by Gasteiger charge is -2.26. The molecule has 3 heterocycles. The maximum Gasteiger partial charge on any atom is 0.162 e. The first-order valence-corrected chi connectivity index (χ1v) is 9.97. The second-order valence-corrected chi connectivity index (χ2v) is 7.64. The van der Waals surface area contributed by atoms with Gasteiger partial charge < -0.3 is 0 Å². The van der Waals surface area contributed by atoms with Crippen molar-refractivity contribution < 1.29 is 0 Å². The third kappa shape index (κ3) is 3.10. The fourth-order valence-corrected chi connectivity index (χ4v) is 4.38. The maximum absolute atomic E-state index is 4.75. The minimum Gasteiger partial charge on any atom is -0.292 e. The van der Waals surface area contributed by atoms with E-state index in [1.807, 2.05) is 35.1 Å². The van der Waals surface area contributed by atoms with Crippen molar-refractivity contribution in [1.29, 1.82) is 0 Å². The summed E-state index contributed by atoms with van der Waals surface area (Å²) in [4.78, 5) is 7.32. The fraction of sp³-hybridized carbons (Fsp3) is 0.250. The summed E-state index contributed by atoms with van der Waals surface area (Å²) in [6.45, 7) is 4.25. The molecule has 2 aromatic carbocycles. The van der Waals surface area contributed by atoms with E-state index in [1.54, 1.807) is 0 Å². The zero-order valence-electron chi connectivity index (χ0n) is 16.1. The van der Waals surface area contributed by atoms with Gasteiger partial charge in [-0.3, -0.25) is 4.90 Å². The summed E-state index contributed by atoms with van der Waals surface area (Å²) in [7, 11) is 0. The van der Waals surface area contributed by atoms with Crippen LogP contribution < -0.4 is 0 Å². The van der Waals surface area contributed by atoms with Crippen molar-refractivity contribution in [2.24, 2.45) is 0 Å². The minimum atomic E-state index is 0.495. The monoisotopic (exact) mass is 368 g/mol. The topological polar surface area (TPSA) is 33.4 Å². The molecule has 1 aliphatic heterocycles. The quantitative estimate of drug-likeness (QED) is 0.506. The van der Waals surface area contributed by atoms with Gasteiger partial charge in [0.1, 0.15) is 0 Å². The first-order chi connectivity index (χ1) is 13.8. The molecule has 0 radical (unpaired) electrons. The Morgan fingerprint density at radius 3 is 2.68 bits per heavy atom. The molecule has 0 aliphatic carbocycles. The molecule has 140 valence electrons. The number of rotatable bonds is 4. The zero-order chi connectivity index (χ0) is 18.9. The SMILES string of the molecule is Cc1ccccc1C1CCCN1Cc1cnc2c(-c3ccccc3)cnn2c1. The Morgan fingerprint density at radius 1 is 1.00 bits per heavy atom. The molecule has 1 fully saturated rings. The molecule has 0 amide bonds. The van der Waals surface area contributed by atoms with Crippen LogP contribution in [0, 0.1) is 6.92 Å². The molecule has 0 bridgehead atoms. The van der Waals surface area contributed by atoms with Crippen LogP contribution >= 0.6 is 0 Å². The molecule has 1 saturated heterocycles. The molecule has 1 aliphatic rings. The van der Waals surface area contributed by atoms with Gasteiger partial charge in [-0.2, -0.15) is 5.10 Å². The van der Waals surface area contributed by atoms with Gasteiger partial charge in [-0.1, -0.05) is 54.6 Å². The predicted molar refractivity (Wildman–Crippen MR) is 112 cm³/mol. The van der Waals surface area contributed by atoms with Gasteiger partial charge in [0.15, 0.2) is 5.65 Å². The summed E-state index contributed by atoms with van der Waals surface area (Å²) < 4.78 is 1.91. The van der Waals surface area contributed by atoms with E-state index in [2.05, 4.69) is 59.5 Å². The van der Waals surface area contributed by atoms with E-state index in [0.717, 1.165) is 29.9 Å². The first kappa shape index (κ1) is 17.1. The third-order valence-corrected chi connectivity index (χ3v) is 5.79. The van der Waals surface area contributed by atoms with Crippen LogP contribution in [-0.4, -0.2) is 26.0 Å². The molecular weight excluding hydrogens is 344 g/mol. The van der Waals surface area contributed by atoms with Crippen molar-refractivity contribution in [3.05, 3.63) is 89.9 Å². The molecule has 5 rings (SSSR count). The molecule has 28 heavy (non-hydrogen) atoms. The molecule has 4 heteroatoms. The molecule has 2 aromatic heterocycles. The van der Waals surface area contributed by atoms with Gasteiger partial charge in [-0.25, -0.2) is 9.50 Å². The van der Waals surface area contributed by atoms with Crippen molar-refractivity contribution in [1.82, 2.24) is 19.5 Å². The Bertz CT molecular complexity index is 1100. The summed E-state index contributed by atoms with van der Waals surface area (Å²) in [5.74, 6) is 0. The Hall–Kier alpha value is -2.98. The second kappa shape index (κ2) is 7.21. The Labute approximate surface area is 165 Å². The van der Waals surface area contributed by atoms with Crippen LogP contribution in [-0.2, 0) is 6.54 Å². The molecule has 0 spiro atoms. The van der Waals surface area contributed by atoms with Crippen molar-refractivity contribution in [3.63, 3.8) is 0 Å². The molecular formula is C24H24N4. The van der Waals surface area contributed by atoms with Crippen LogP contribution in [0.5, 0.6) is 0 Å². The van der Waals surface area contributed by atoms with Gasteiger partial charge in [0.05, 0.1) is 6.20 Å². The number of fused-ring (bicyclic) bond motifs is 1.